The summed E-state index contributed by atoms with van der Waals surface area (Å²) in [5.41, 5.74) is 0.0926. The van der Waals surface area contributed by atoms with E-state index in [1.54, 1.807) is 0 Å². The predicted molar refractivity (Wildman–Crippen MR) is 56.8 cm³/mol. The van der Waals surface area contributed by atoms with E-state index in [-0.39, 0.29) is 23.8 Å². The number of aliphatic hydroxyl groups excluding tert-OH is 2. The molecule has 1 aromatic carbocycles. The van der Waals surface area contributed by atoms with Gasteiger partial charge in [0.15, 0.2) is 0 Å². The molecule has 0 aliphatic heterocycles. The summed E-state index contributed by atoms with van der Waals surface area (Å²) in [6.45, 7) is -0.776. The molecule has 0 radical (unpaired) electrons. The summed E-state index contributed by atoms with van der Waals surface area (Å²) in [5.74, 6) is -1.11. The second kappa shape index (κ2) is 5.79. The average molecular weight is 248 g/mol. The van der Waals surface area contributed by atoms with Crippen LogP contribution >= 0.6 is 11.6 Å². The third-order valence-electron chi connectivity index (χ3n) is 1.95. The van der Waals surface area contributed by atoms with Crippen molar-refractivity contribution in [2.24, 2.45) is 0 Å². The van der Waals surface area contributed by atoms with E-state index >= 15 is 0 Å². The van der Waals surface area contributed by atoms with Gasteiger partial charge in [-0.05, 0) is 18.2 Å². The number of aliphatic hydroxyl groups is 2. The first-order valence-electron chi connectivity index (χ1n) is 4.56. The van der Waals surface area contributed by atoms with Crippen molar-refractivity contribution in [1.82, 2.24) is 5.32 Å². The summed E-state index contributed by atoms with van der Waals surface area (Å²) in [5, 5.41) is 19.9. The molecule has 3 N–H and O–H groups in total. The molecule has 16 heavy (non-hydrogen) atoms. The standard InChI is InChI=1S/C10H11ClFNO3/c11-9-3-6(12)1-2-8(9)10(16)13-7(4-14)5-15/h1-3,7,14-15H,4-5H2,(H,13,16). The van der Waals surface area contributed by atoms with Gasteiger partial charge in [-0.2, -0.15) is 0 Å². The van der Waals surface area contributed by atoms with Crippen molar-refractivity contribution < 1.29 is 19.4 Å². The zero-order chi connectivity index (χ0) is 12.1. The normalized spacial score (nSPS) is 10.6. The number of rotatable bonds is 4. The number of hydrogen-bond acceptors (Lipinski definition) is 3. The van der Waals surface area contributed by atoms with E-state index in [4.69, 9.17) is 21.8 Å². The van der Waals surface area contributed by atoms with Gasteiger partial charge < -0.3 is 15.5 Å². The Kier molecular flexibility index (Phi) is 4.67. The highest BCUT2D eigenvalue weighted by molar-refractivity contribution is 6.33. The molecule has 88 valence electrons. The molecule has 0 saturated heterocycles. The largest absolute Gasteiger partial charge is 0.394 e. The summed E-state index contributed by atoms with van der Waals surface area (Å²) < 4.78 is 12.7. The van der Waals surface area contributed by atoms with E-state index in [9.17, 15) is 9.18 Å². The van der Waals surface area contributed by atoms with E-state index < -0.39 is 17.8 Å². The van der Waals surface area contributed by atoms with Gasteiger partial charge in [0.25, 0.3) is 5.91 Å². The minimum atomic E-state index is -0.756. The van der Waals surface area contributed by atoms with E-state index in [1.807, 2.05) is 0 Å². The van der Waals surface area contributed by atoms with E-state index in [0.29, 0.717) is 0 Å². The molecule has 0 aliphatic carbocycles. The van der Waals surface area contributed by atoms with Gasteiger partial charge in [0, 0.05) is 0 Å². The molecule has 1 amide bonds. The van der Waals surface area contributed by atoms with Crippen LogP contribution in [0.3, 0.4) is 0 Å². The molecule has 0 spiro atoms. The van der Waals surface area contributed by atoms with Crippen LogP contribution in [0.1, 0.15) is 10.4 Å². The first-order valence-corrected chi connectivity index (χ1v) is 4.94. The number of carbonyl (C=O) groups is 1. The second-order valence-electron chi connectivity index (χ2n) is 3.16. The molecule has 1 aromatic rings. The van der Waals surface area contributed by atoms with E-state index in [0.717, 1.165) is 12.1 Å². The Morgan fingerprint density at radius 2 is 2.06 bits per heavy atom. The summed E-state index contributed by atoms with van der Waals surface area (Å²) in [4.78, 5) is 11.6. The number of halogens is 2. The fourth-order valence-corrected chi connectivity index (χ4v) is 1.34. The maximum atomic E-state index is 12.7. The lowest BCUT2D eigenvalue weighted by molar-refractivity contribution is 0.0879. The molecule has 6 heteroatoms. The molecule has 0 aromatic heterocycles. The lowest BCUT2D eigenvalue weighted by atomic mass is 10.2. The zero-order valence-corrected chi connectivity index (χ0v) is 9.04. The van der Waals surface area contributed by atoms with Gasteiger partial charge in [-0.3, -0.25) is 4.79 Å². The van der Waals surface area contributed by atoms with Crippen LogP contribution in [-0.2, 0) is 0 Å². The van der Waals surface area contributed by atoms with Crippen molar-refractivity contribution in [3.8, 4) is 0 Å². The summed E-state index contributed by atoms with van der Waals surface area (Å²) >= 11 is 5.67. The van der Waals surface area contributed by atoms with Gasteiger partial charge in [-0.25, -0.2) is 4.39 Å². The summed E-state index contributed by atoms with van der Waals surface area (Å²) in [6.07, 6.45) is 0. The van der Waals surface area contributed by atoms with Crippen molar-refractivity contribution in [1.29, 1.82) is 0 Å². The predicted octanol–water partition coefficient (Wildman–Crippen LogP) is 0.562. The summed E-state index contributed by atoms with van der Waals surface area (Å²) in [6, 6.07) is 2.60. The van der Waals surface area contributed by atoms with Crippen LogP contribution in [0.2, 0.25) is 5.02 Å². The molecule has 0 saturated carbocycles. The van der Waals surface area contributed by atoms with Crippen LogP contribution in [0.15, 0.2) is 18.2 Å². The topological polar surface area (TPSA) is 69.6 Å². The molecule has 4 nitrogen and oxygen atoms in total. The van der Waals surface area contributed by atoms with Crippen molar-refractivity contribution in [3.63, 3.8) is 0 Å². The van der Waals surface area contributed by atoms with Crippen molar-refractivity contribution >= 4 is 17.5 Å². The monoisotopic (exact) mass is 247 g/mol. The van der Waals surface area contributed by atoms with Gasteiger partial charge in [-0.1, -0.05) is 11.6 Å². The van der Waals surface area contributed by atoms with Crippen LogP contribution in [0.4, 0.5) is 4.39 Å². The lowest BCUT2D eigenvalue weighted by Gasteiger charge is -2.13. The zero-order valence-electron chi connectivity index (χ0n) is 8.28. The Labute approximate surface area is 96.7 Å². The highest BCUT2D eigenvalue weighted by Crippen LogP contribution is 2.17. The van der Waals surface area contributed by atoms with Gasteiger partial charge in [-0.15, -0.1) is 0 Å². The average Bonchev–Trinajstić information content (AvgIpc) is 2.25. The maximum absolute atomic E-state index is 12.7. The third kappa shape index (κ3) is 3.16. The van der Waals surface area contributed by atoms with Crippen LogP contribution in [-0.4, -0.2) is 35.4 Å². The fraction of sp³-hybridized carbons (Fsp3) is 0.300. The third-order valence-corrected chi connectivity index (χ3v) is 2.26. The molecular formula is C10H11ClFNO3. The van der Waals surface area contributed by atoms with Crippen LogP contribution < -0.4 is 5.32 Å². The molecule has 0 heterocycles. The molecular weight excluding hydrogens is 237 g/mol. The number of hydrogen-bond donors (Lipinski definition) is 3. The highest BCUT2D eigenvalue weighted by atomic mass is 35.5. The Balaban J connectivity index is 2.80. The molecule has 0 fully saturated rings. The Morgan fingerprint density at radius 1 is 1.44 bits per heavy atom. The molecule has 0 atom stereocenters. The number of nitrogens with one attached hydrogen (secondary N) is 1. The Bertz CT molecular complexity index is 382. The Morgan fingerprint density at radius 3 is 2.56 bits per heavy atom. The van der Waals surface area contributed by atoms with E-state index in [2.05, 4.69) is 5.32 Å². The van der Waals surface area contributed by atoms with Crippen LogP contribution in [0.5, 0.6) is 0 Å². The van der Waals surface area contributed by atoms with Crippen molar-refractivity contribution in [2.75, 3.05) is 13.2 Å². The van der Waals surface area contributed by atoms with Crippen molar-refractivity contribution in [3.05, 3.63) is 34.6 Å². The number of carbonyl (C=O) groups excluding carboxylic acids is 1. The maximum Gasteiger partial charge on any atom is 0.253 e. The first-order chi connectivity index (χ1) is 7.58. The molecule has 0 bridgehead atoms. The van der Waals surface area contributed by atoms with Crippen LogP contribution in [0, 0.1) is 5.82 Å². The van der Waals surface area contributed by atoms with Crippen LogP contribution in [0.25, 0.3) is 0 Å². The molecule has 1 rings (SSSR count). The number of benzene rings is 1. The van der Waals surface area contributed by atoms with Gasteiger partial charge >= 0.3 is 0 Å². The smallest absolute Gasteiger partial charge is 0.253 e. The SMILES string of the molecule is O=C(NC(CO)CO)c1ccc(F)cc1Cl. The number of amides is 1. The van der Waals surface area contributed by atoms with Gasteiger partial charge in [0.1, 0.15) is 5.82 Å². The van der Waals surface area contributed by atoms with Gasteiger partial charge in [0.2, 0.25) is 0 Å². The van der Waals surface area contributed by atoms with Gasteiger partial charge in [0.05, 0.1) is 29.8 Å². The lowest BCUT2D eigenvalue weighted by Crippen LogP contribution is -2.40. The molecule has 0 aliphatic rings. The Hall–Kier alpha value is -1.17. The highest BCUT2D eigenvalue weighted by Gasteiger charge is 2.14. The first kappa shape index (κ1) is 12.9. The fourth-order valence-electron chi connectivity index (χ4n) is 1.09. The molecule has 0 unspecified atom stereocenters. The minimum absolute atomic E-state index is 0.0212. The quantitative estimate of drug-likeness (QED) is 0.728. The minimum Gasteiger partial charge on any atom is -0.394 e. The van der Waals surface area contributed by atoms with Crippen molar-refractivity contribution in [2.45, 2.75) is 6.04 Å². The summed E-state index contributed by atoms with van der Waals surface area (Å²) in [7, 11) is 0. The van der Waals surface area contributed by atoms with E-state index in [1.165, 1.54) is 6.07 Å². The second-order valence-corrected chi connectivity index (χ2v) is 3.57.